The molecule has 158 valence electrons. The van der Waals surface area contributed by atoms with Gasteiger partial charge in [-0.2, -0.15) is 5.10 Å². The number of amides is 1. The number of nitrogens with zero attached hydrogens (tertiary/aromatic N) is 5. The molecule has 0 saturated carbocycles. The Labute approximate surface area is 174 Å². The number of carbonyl (C=O) groups is 1. The molecule has 0 radical (unpaired) electrons. The first kappa shape index (κ1) is 20.3. The average molecular weight is 411 g/mol. The van der Waals surface area contributed by atoms with E-state index in [1.54, 1.807) is 19.1 Å². The van der Waals surface area contributed by atoms with Crippen LogP contribution in [0.25, 0.3) is 16.7 Å². The summed E-state index contributed by atoms with van der Waals surface area (Å²) in [6, 6.07) is 5.85. The number of hydrogen-bond donors (Lipinski definition) is 0. The number of hydrogen-bond acceptors (Lipinski definition) is 4. The third kappa shape index (κ3) is 3.86. The van der Waals surface area contributed by atoms with E-state index in [-0.39, 0.29) is 30.2 Å². The van der Waals surface area contributed by atoms with Crippen LogP contribution in [-0.2, 0) is 11.3 Å². The molecule has 2 unspecified atom stereocenters. The molecule has 2 atom stereocenters. The number of rotatable bonds is 4. The maximum atomic E-state index is 13.2. The fourth-order valence-corrected chi connectivity index (χ4v) is 4.37. The standard InChI is InChI=1S/C22H26FN5O2/c1-14-10-15(2)13-26(12-14)20(29)8-9-27-16(3)25-21-19(22(27)30)11-24-28(21)18-6-4-17(23)5-7-18/h4-7,11,14-15H,8-10,12-13H2,1-3H3. The number of carbonyl (C=O) groups excluding carboxylic acids is 1. The van der Waals surface area contributed by atoms with E-state index in [1.807, 2.05) is 4.90 Å². The van der Waals surface area contributed by atoms with Gasteiger partial charge in [-0.15, -0.1) is 0 Å². The molecule has 3 heterocycles. The summed E-state index contributed by atoms with van der Waals surface area (Å²) in [5.74, 6) is 1.24. The van der Waals surface area contributed by atoms with Gasteiger partial charge in [-0.1, -0.05) is 13.8 Å². The molecule has 0 N–H and O–H groups in total. The van der Waals surface area contributed by atoms with E-state index < -0.39 is 0 Å². The van der Waals surface area contributed by atoms with Crippen LogP contribution >= 0.6 is 0 Å². The summed E-state index contributed by atoms with van der Waals surface area (Å²) < 4.78 is 16.3. The molecule has 0 aliphatic carbocycles. The van der Waals surface area contributed by atoms with Crippen molar-refractivity contribution in [3.05, 3.63) is 52.5 Å². The largest absolute Gasteiger partial charge is 0.342 e. The number of likely N-dealkylation sites (tertiary alicyclic amines) is 1. The molecule has 7 nitrogen and oxygen atoms in total. The number of aromatic nitrogens is 4. The Morgan fingerprint density at radius 2 is 1.83 bits per heavy atom. The third-order valence-electron chi connectivity index (χ3n) is 5.72. The smallest absolute Gasteiger partial charge is 0.264 e. The van der Waals surface area contributed by atoms with E-state index in [0.29, 0.717) is 34.4 Å². The Hall–Kier alpha value is -3.03. The van der Waals surface area contributed by atoms with Crippen molar-refractivity contribution >= 4 is 16.9 Å². The Balaban J connectivity index is 1.57. The minimum Gasteiger partial charge on any atom is -0.342 e. The first-order chi connectivity index (χ1) is 14.3. The maximum absolute atomic E-state index is 13.2. The summed E-state index contributed by atoms with van der Waals surface area (Å²) in [7, 11) is 0. The van der Waals surface area contributed by atoms with E-state index in [1.165, 1.54) is 27.6 Å². The van der Waals surface area contributed by atoms with Gasteiger partial charge in [-0.05, 0) is 49.4 Å². The molecule has 1 saturated heterocycles. The number of halogens is 1. The summed E-state index contributed by atoms with van der Waals surface area (Å²) in [5, 5.41) is 4.64. The molecule has 3 aromatic rings. The number of aryl methyl sites for hydroxylation is 1. The van der Waals surface area contributed by atoms with Crippen LogP contribution in [0, 0.1) is 24.6 Å². The van der Waals surface area contributed by atoms with Crippen LogP contribution in [0.15, 0.2) is 35.3 Å². The lowest BCUT2D eigenvalue weighted by molar-refractivity contribution is -0.134. The Morgan fingerprint density at radius 3 is 2.50 bits per heavy atom. The predicted octanol–water partition coefficient (Wildman–Crippen LogP) is 2.92. The van der Waals surface area contributed by atoms with Gasteiger partial charge in [0, 0.05) is 26.1 Å². The van der Waals surface area contributed by atoms with Gasteiger partial charge >= 0.3 is 0 Å². The van der Waals surface area contributed by atoms with Gasteiger partial charge in [-0.25, -0.2) is 14.1 Å². The topological polar surface area (TPSA) is 73.0 Å². The first-order valence-electron chi connectivity index (χ1n) is 10.3. The second-order valence-electron chi connectivity index (χ2n) is 8.38. The lowest BCUT2D eigenvalue weighted by Gasteiger charge is -2.35. The highest BCUT2D eigenvalue weighted by Gasteiger charge is 2.25. The molecule has 1 aromatic carbocycles. The van der Waals surface area contributed by atoms with Crippen molar-refractivity contribution in [2.45, 2.75) is 40.2 Å². The van der Waals surface area contributed by atoms with Gasteiger partial charge in [0.1, 0.15) is 17.0 Å². The average Bonchev–Trinajstić information content (AvgIpc) is 3.11. The Morgan fingerprint density at radius 1 is 1.17 bits per heavy atom. The van der Waals surface area contributed by atoms with E-state index in [0.717, 1.165) is 19.5 Å². The highest BCUT2D eigenvalue weighted by atomic mass is 19.1. The van der Waals surface area contributed by atoms with Crippen LogP contribution in [0.3, 0.4) is 0 Å². The van der Waals surface area contributed by atoms with Crippen LogP contribution in [0.4, 0.5) is 4.39 Å². The van der Waals surface area contributed by atoms with Gasteiger partial charge < -0.3 is 4.90 Å². The van der Waals surface area contributed by atoms with Crippen molar-refractivity contribution in [2.24, 2.45) is 11.8 Å². The summed E-state index contributed by atoms with van der Waals surface area (Å²) >= 11 is 0. The molecule has 8 heteroatoms. The van der Waals surface area contributed by atoms with Gasteiger partial charge in [0.25, 0.3) is 5.56 Å². The molecule has 1 aliphatic heterocycles. The Kier molecular flexibility index (Phi) is 5.40. The molecule has 30 heavy (non-hydrogen) atoms. The molecule has 1 fully saturated rings. The minimum absolute atomic E-state index is 0.0711. The van der Waals surface area contributed by atoms with Gasteiger partial charge in [0.05, 0.1) is 11.9 Å². The van der Waals surface area contributed by atoms with Crippen LogP contribution < -0.4 is 5.56 Å². The van der Waals surface area contributed by atoms with Crippen molar-refractivity contribution in [2.75, 3.05) is 13.1 Å². The SMILES string of the molecule is Cc1nc2c(cnn2-c2ccc(F)cc2)c(=O)n1CCC(=O)N1CC(C)CC(C)C1. The van der Waals surface area contributed by atoms with Crippen molar-refractivity contribution < 1.29 is 9.18 Å². The van der Waals surface area contributed by atoms with Crippen LogP contribution in [-0.4, -0.2) is 43.2 Å². The molecule has 0 spiro atoms. The molecule has 1 amide bonds. The number of benzene rings is 1. The van der Waals surface area contributed by atoms with Crippen molar-refractivity contribution in [1.82, 2.24) is 24.2 Å². The molecule has 4 rings (SSSR count). The molecular formula is C22H26FN5O2. The van der Waals surface area contributed by atoms with E-state index >= 15 is 0 Å². The van der Waals surface area contributed by atoms with Gasteiger partial charge in [0.2, 0.25) is 5.91 Å². The fourth-order valence-electron chi connectivity index (χ4n) is 4.37. The number of fused-ring (bicyclic) bond motifs is 1. The van der Waals surface area contributed by atoms with Crippen molar-refractivity contribution in [3.63, 3.8) is 0 Å². The van der Waals surface area contributed by atoms with Crippen molar-refractivity contribution in [3.8, 4) is 5.69 Å². The predicted molar refractivity (Wildman–Crippen MR) is 112 cm³/mol. The molecular weight excluding hydrogens is 385 g/mol. The lowest BCUT2D eigenvalue weighted by atomic mass is 9.92. The van der Waals surface area contributed by atoms with Crippen LogP contribution in [0.2, 0.25) is 0 Å². The third-order valence-corrected chi connectivity index (χ3v) is 5.72. The monoisotopic (exact) mass is 411 g/mol. The van der Waals surface area contributed by atoms with Gasteiger partial charge in [-0.3, -0.25) is 14.2 Å². The van der Waals surface area contributed by atoms with Crippen LogP contribution in [0.5, 0.6) is 0 Å². The minimum atomic E-state index is -0.344. The highest BCUT2D eigenvalue weighted by molar-refractivity contribution is 5.77. The van der Waals surface area contributed by atoms with E-state index in [4.69, 9.17) is 0 Å². The normalized spacial score (nSPS) is 19.4. The van der Waals surface area contributed by atoms with Crippen molar-refractivity contribution in [1.29, 1.82) is 0 Å². The maximum Gasteiger partial charge on any atom is 0.264 e. The van der Waals surface area contributed by atoms with Gasteiger partial charge in [0.15, 0.2) is 5.65 Å². The summed E-state index contributed by atoms with van der Waals surface area (Å²) in [6.45, 7) is 7.92. The second kappa shape index (κ2) is 8.01. The summed E-state index contributed by atoms with van der Waals surface area (Å²) in [5.41, 5.74) is 0.823. The Bertz CT molecular complexity index is 1120. The number of piperidine rings is 1. The second-order valence-corrected chi connectivity index (χ2v) is 8.38. The molecule has 2 aromatic heterocycles. The first-order valence-corrected chi connectivity index (χ1v) is 10.3. The zero-order valence-corrected chi connectivity index (χ0v) is 17.5. The molecule has 0 bridgehead atoms. The highest BCUT2D eigenvalue weighted by Crippen LogP contribution is 2.21. The fraction of sp³-hybridized carbons (Fsp3) is 0.455. The van der Waals surface area contributed by atoms with E-state index in [9.17, 15) is 14.0 Å². The van der Waals surface area contributed by atoms with Crippen LogP contribution in [0.1, 0.15) is 32.5 Å². The quantitative estimate of drug-likeness (QED) is 0.662. The van der Waals surface area contributed by atoms with E-state index in [2.05, 4.69) is 23.9 Å². The molecule has 1 aliphatic rings. The summed E-state index contributed by atoms with van der Waals surface area (Å²) in [4.78, 5) is 32.2. The zero-order valence-electron chi connectivity index (χ0n) is 17.5. The summed E-state index contributed by atoms with van der Waals surface area (Å²) in [6.07, 6.45) is 2.88. The lowest BCUT2D eigenvalue weighted by Crippen LogP contribution is -2.43. The zero-order chi connectivity index (χ0) is 21.4.